The second kappa shape index (κ2) is 4.48. The Hall–Kier alpha value is -1.63. The largest absolute Gasteiger partial charge is 0.389 e. The van der Waals surface area contributed by atoms with Crippen molar-refractivity contribution in [3.63, 3.8) is 0 Å². The summed E-state index contributed by atoms with van der Waals surface area (Å²) >= 11 is 4.94. The van der Waals surface area contributed by atoms with Crippen LogP contribution in [0.25, 0.3) is 0 Å². The Morgan fingerprint density at radius 2 is 2.12 bits per heavy atom. The van der Waals surface area contributed by atoms with Crippen molar-refractivity contribution < 1.29 is 4.79 Å². The van der Waals surface area contributed by atoms with Crippen LogP contribution in [0.5, 0.6) is 0 Å². The van der Waals surface area contributed by atoms with Crippen molar-refractivity contribution in [2.75, 3.05) is 5.32 Å². The zero-order valence-corrected chi connectivity index (χ0v) is 10.3. The van der Waals surface area contributed by atoms with Gasteiger partial charge in [-0.25, -0.2) is 0 Å². The number of hydrogen-bond acceptors (Lipinski definition) is 4. The Morgan fingerprint density at radius 3 is 2.56 bits per heavy atom. The number of nitrogens with one attached hydrogen (secondary N) is 1. The molecule has 16 heavy (non-hydrogen) atoms. The molecule has 88 valence electrons. The number of primary amides is 1. The fourth-order valence-electron chi connectivity index (χ4n) is 1.39. The molecule has 0 radical (unpaired) electrons. The molecule has 6 nitrogen and oxygen atoms in total. The second-order valence-corrected chi connectivity index (χ2v) is 4.01. The van der Waals surface area contributed by atoms with Crippen LogP contribution in [-0.4, -0.2) is 26.7 Å². The van der Waals surface area contributed by atoms with E-state index in [4.69, 9.17) is 23.7 Å². The lowest BCUT2D eigenvalue weighted by atomic mass is 10.2. The lowest BCUT2D eigenvalue weighted by molar-refractivity contribution is -0.118. The minimum Gasteiger partial charge on any atom is -0.389 e. The zero-order valence-electron chi connectivity index (χ0n) is 9.44. The first-order valence-electron chi connectivity index (χ1n) is 4.73. The van der Waals surface area contributed by atoms with Gasteiger partial charge in [-0.05, 0) is 13.8 Å². The molecule has 1 amide bonds. The minimum absolute atomic E-state index is 0.241. The molecule has 7 heteroatoms. The SMILES string of the molecule is Cc1nn(C)c(NC(C)C(N)=O)c1C(N)=S. The predicted molar refractivity (Wildman–Crippen MR) is 66.1 cm³/mol. The highest BCUT2D eigenvalue weighted by Crippen LogP contribution is 2.19. The summed E-state index contributed by atoms with van der Waals surface area (Å²) in [5.41, 5.74) is 12.1. The van der Waals surface area contributed by atoms with E-state index in [0.717, 1.165) is 0 Å². The van der Waals surface area contributed by atoms with Gasteiger partial charge in [0.15, 0.2) is 0 Å². The molecular formula is C9H15N5OS. The molecule has 0 spiro atoms. The number of thiocarbonyl (C=S) groups is 1. The molecule has 0 aromatic carbocycles. The van der Waals surface area contributed by atoms with Crippen LogP contribution in [-0.2, 0) is 11.8 Å². The quantitative estimate of drug-likeness (QED) is 0.626. The van der Waals surface area contributed by atoms with Gasteiger partial charge in [-0.15, -0.1) is 0 Å². The summed E-state index contributed by atoms with van der Waals surface area (Å²) in [5, 5.41) is 7.12. The molecule has 0 saturated heterocycles. The van der Waals surface area contributed by atoms with Gasteiger partial charge in [0, 0.05) is 7.05 Å². The number of carbonyl (C=O) groups excluding carboxylic acids is 1. The Morgan fingerprint density at radius 1 is 1.56 bits per heavy atom. The van der Waals surface area contributed by atoms with E-state index in [1.165, 1.54) is 0 Å². The van der Waals surface area contributed by atoms with Crippen molar-refractivity contribution >= 4 is 28.9 Å². The maximum atomic E-state index is 11.0. The van der Waals surface area contributed by atoms with Crippen molar-refractivity contribution in [1.29, 1.82) is 0 Å². The summed E-state index contributed by atoms with van der Waals surface area (Å²) in [4.78, 5) is 11.2. The first kappa shape index (κ1) is 12.4. The molecule has 0 bridgehead atoms. The predicted octanol–water partition coefficient (Wildman–Crippen LogP) is -0.352. The number of anilines is 1. The number of rotatable bonds is 4. The van der Waals surface area contributed by atoms with Crippen molar-refractivity contribution in [3.8, 4) is 0 Å². The molecule has 1 atom stereocenters. The first-order valence-corrected chi connectivity index (χ1v) is 5.14. The van der Waals surface area contributed by atoms with E-state index in [1.54, 1.807) is 25.6 Å². The minimum atomic E-state index is -0.511. The number of aromatic nitrogens is 2. The van der Waals surface area contributed by atoms with Gasteiger partial charge in [0.05, 0.1) is 11.3 Å². The molecule has 0 saturated carbocycles. The van der Waals surface area contributed by atoms with E-state index in [-0.39, 0.29) is 4.99 Å². The van der Waals surface area contributed by atoms with Gasteiger partial charge in [-0.2, -0.15) is 5.10 Å². The number of carbonyl (C=O) groups is 1. The summed E-state index contributed by atoms with van der Waals surface area (Å²) in [6.07, 6.45) is 0. The third-order valence-corrected chi connectivity index (χ3v) is 2.45. The van der Waals surface area contributed by atoms with Crippen molar-refractivity contribution in [2.45, 2.75) is 19.9 Å². The third-order valence-electron chi connectivity index (χ3n) is 2.25. The summed E-state index contributed by atoms with van der Waals surface area (Å²) < 4.78 is 1.59. The Balaban J connectivity index is 3.12. The van der Waals surface area contributed by atoms with Crippen LogP contribution >= 0.6 is 12.2 Å². The van der Waals surface area contributed by atoms with Crippen molar-refractivity contribution in [3.05, 3.63) is 11.3 Å². The molecule has 1 heterocycles. The maximum absolute atomic E-state index is 11.0. The summed E-state index contributed by atoms with van der Waals surface area (Å²) in [6, 6.07) is -0.511. The molecule has 1 aromatic rings. The van der Waals surface area contributed by atoms with Crippen LogP contribution in [0.1, 0.15) is 18.2 Å². The van der Waals surface area contributed by atoms with E-state index < -0.39 is 11.9 Å². The molecule has 5 N–H and O–H groups in total. The van der Waals surface area contributed by atoms with Crippen LogP contribution in [0, 0.1) is 6.92 Å². The molecular weight excluding hydrogens is 226 g/mol. The molecule has 1 rings (SSSR count). The molecule has 1 unspecified atom stereocenters. The number of nitrogens with two attached hydrogens (primary N) is 2. The van der Waals surface area contributed by atoms with Gasteiger partial charge in [-0.1, -0.05) is 12.2 Å². The number of hydrogen-bond donors (Lipinski definition) is 3. The fourth-order valence-corrected chi connectivity index (χ4v) is 1.64. The lowest BCUT2D eigenvalue weighted by Crippen LogP contribution is -2.33. The van der Waals surface area contributed by atoms with Gasteiger partial charge < -0.3 is 16.8 Å². The van der Waals surface area contributed by atoms with Crippen LogP contribution < -0.4 is 16.8 Å². The average Bonchev–Trinajstić information content (AvgIpc) is 2.41. The molecule has 0 aliphatic carbocycles. The Labute approximate surface area is 99.0 Å². The number of amides is 1. The normalized spacial score (nSPS) is 12.2. The van der Waals surface area contributed by atoms with Crippen molar-refractivity contribution in [1.82, 2.24) is 9.78 Å². The molecule has 0 aliphatic rings. The monoisotopic (exact) mass is 241 g/mol. The van der Waals surface area contributed by atoms with Gasteiger partial charge in [0.2, 0.25) is 5.91 Å². The van der Waals surface area contributed by atoms with Gasteiger partial charge in [0.25, 0.3) is 0 Å². The molecule has 0 aliphatic heterocycles. The first-order chi connectivity index (χ1) is 7.34. The van der Waals surface area contributed by atoms with Crippen molar-refractivity contribution in [2.24, 2.45) is 18.5 Å². The molecule has 0 fully saturated rings. The van der Waals surface area contributed by atoms with E-state index in [2.05, 4.69) is 10.4 Å². The summed E-state index contributed by atoms with van der Waals surface area (Å²) in [6.45, 7) is 3.46. The zero-order chi connectivity index (χ0) is 12.5. The van der Waals surface area contributed by atoms with E-state index in [1.807, 2.05) is 0 Å². The average molecular weight is 241 g/mol. The topological polar surface area (TPSA) is 99.0 Å². The summed E-state index contributed by atoms with van der Waals surface area (Å²) in [7, 11) is 1.74. The lowest BCUT2D eigenvalue weighted by Gasteiger charge is -2.13. The highest BCUT2D eigenvalue weighted by molar-refractivity contribution is 7.80. The smallest absolute Gasteiger partial charge is 0.239 e. The number of aryl methyl sites for hydroxylation is 2. The molecule has 1 aromatic heterocycles. The Kier molecular flexibility index (Phi) is 3.48. The van der Waals surface area contributed by atoms with Crippen LogP contribution in [0.3, 0.4) is 0 Å². The van der Waals surface area contributed by atoms with Crippen LogP contribution in [0.15, 0.2) is 0 Å². The van der Waals surface area contributed by atoms with Crippen LogP contribution in [0.4, 0.5) is 5.82 Å². The van der Waals surface area contributed by atoms with Gasteiger partial charge >= 0.3 is 0 Å². The van der Waals surface area contributed by atoms with E-state index in [0.29, 0.717) is 17.1 Å². The van der Waals surface area contributed by atoms with Gasteiger partial charge in [0.1, 0.15) is 16.8 Å². The maximum Gasteiger partial charge on any atom is 0.239 e. The van der Waals surface area contributed by atoms with Crippen LogP contribution in [0.2, 0.25) is 0 Å². The van der Waals surface area contributed by atoms with Gasteiger partial charge in [-0.3, -0.25) is 9.48 Å². The highest BCUT2D eigenvalue weighted by atomic mass is 32.1. The Bertz CT molecular complexity index is 439. The standard InChI is InChI=1S/C9H15N5OS/c1-4-6(8(11)16)9(14(3)13-4)12-5(2)7(10)15/h5,12H,1-3H3,(H2,10,15)(H2,11,16). The summed E-state index contributed by atoms with van der Waals surface area (Å²) in [5.74, 6) is 0.157. The highest BCUT2D eigenvalue weighted by Gasteiger charge is 2.18. The third kappa shape index (κ3) is 2.30. The number of nitrogens with zero attached hydrogens (tertiary/aromatic N) is 2. The fraction of sp³-hybridized carbons (Fsp3) is 0.444. The van der Waals surface area contributed by atoms with E-state index in [9.17, 15) is 4.79 Å². The van der Waals surface area contributed by atoms with E-state index >= 15 is 0 Å². The second-order valence-electron chi connectivity index (χ2n) is 3.57.